The number of rotatable bonds is 10. The molecule has 556 valence electrons. The van der Waals surface area contributed by atoms with E-state index in [-0.39, 0.29) is 51.3 Å². The quantitative estimate of drug-likeness (QED) is 0.103. The molecule has 6 heterocycles. The molecule has 0 fully saturated rings. The number of halogens is 1. The van der Waals surface area contributed by atoms with Crippen LogP contribution in [0.2, 0.25) is 0 Å². The maximum Gasteiger partial charge on any atom is 3.00 e. The third kappa shape index (κ3) is 27.1. The summed E-state index contributed by atoms with van der Waals surface area (Å²) in [4.78, 5) is 25.7. The maximum atomic E-state index is 8.58. The molecular formula is C100H86BBrIr2N6O2. The average Bonchev–Trinajstić information content (AvgIpc) is 0.816. The van der Waals surface area contributed by atoms with Gasteiger partial charge in [-0.05, 0) is 143 Å². The van der Waals surface area contributed by atoms with Gasteiger partial charge in [-0.25, -0.2) is 0 Å². The molecule has 0 aliphatic heterocycles. The van der Waals surface area contributed by atoms with Crippen LogP contribution in [0.5, 0.6) is 0 Å². The molecule has 0 amide bonds. The van der Waals surface area contributed by atoms with Crippen molar-refractivity contribution in [1.82, 2.24) is 29.9 Å². The molecule has 16 aromatic rings. The third-order valence-electron chi connectivity index (χ3n) is 16.4. The van der Waals surface area contributed by atoms with Crippen molar-refractivity contribution in [1.29, 1.82) is 0 Å². The van der Waals surface area contributed by atoms with Crippen molar-refractivity contribution >= 4 is 28.5 Å². The van der Waals surface area contributed by atoms with E-state index in [4.69, 9.17) is 34.7 Å². The second kappa shape index (κ2) is 44.6. The minimum Gasteiger partial charge on any atom is -0.423 e. The zero-order chi connectivity index (χ0) is 92.6. The first-order valence-corrected chi connectivity index (χ1v) is 35.5. The number of pyridine rings is 6. The van der Waals surface area contributed by atoms with Crippen LogP contribution < -0.4 is 5.46 Å². The molecule has 0 saturated heterocycles. The zero-order valence-corrected chi connectivity index (χ0v) is 67.8. The van der Waals surface area contributed by atoms with Gasteiger partial charge in [0.15, 0.2) is 0 Å². The maximum absolute atomic E-state index is 8.58. The number of hydrogen-bond acceptors (Lipinski definition) is 8. The Bertz CT molecular complexity index is 5940. The summed E-state index contributed by atoms with van der Waals surface area (Å²) in [6.45, 7) is -4.55. The van der Waals surface area contributed by atoms with Crippen molar-refractivity contribution in [3.8, 4) is 101 Å². The Hall–Kier alpha value is -11.1. The molecular weight excluding hydrogens is 1790 g/mol. The predicted octanol–water partition coefficient (Wildman–Crippen LogP) is 23.5. The minimum absolute atomic E-state index is 0. The van der Waals surface area contributed by atoms with Gasteiger partial charge in [0.05, 0.1) is 0 Å². The summed E-state index contributed by atoms with van der Waals surface area (Å²) < 4.78 is 133. The second-order valence-electron chi connectivity index (χ2n) is 24.8. The fraction of sp³-hybridized carbons (Fsp3) is 0.100. The van der Waals surface area contributed by atoms with Gasteiger partial charge in [-0.15, -0.1) is 201 Å². The molecule has 0 bridgehead atoms. The number of benzene rings is 10. The molecule has 0 aliphatic carbocycles. The van der Waals surface area contributed by atoms with Gasteiger partial charge in [0.1, 0.15) is 0 Å². The Morgan fingerprint density at radius 1 is 0.295 bits per heavy atom. The molecule has 0 radical (unpaired) electrons. The average molecular weight is 1900 g/mol. The van der Waals surface area contributed by atoms with Crippen LogP contribution in [0.4, 0.5) is 0 Å². The van der Waals surface area contributed by atoms with Gasteiger partial charge in [-0.1, -0.05) is 235 Å². The summed E-state index contributed by atoms with van der Waals surface area (Å²) in [6, 6.07) is 106. The van der Waals surface area contributed by atoms with Gasteiger partial charge >= 0.3 is 47.3 Å². The summed E-state index contributed by atoms with van der Waals surface area (Å²) in [5, 5.41) is 17.2. The van der Waals surface area contributed by atoms with E-state index in [1.807, 2.05) is 198 Å². The summed E-state index contributed by atoms with van der Waals surface area (Å²) in [7, 11) is -1.34. The summed E-state index contributed by atoms with van der Waals surface area (Å²) in [5.41, 5.74) is 22.8. The topological polar surface area (TPSA) is 118 Å². The van der Waals surface area contributed by atoms with E-state index in [0.29, 0.717) is 33.4 Å². The Morgan fingerprint density at radius 3 is 1.03 bits per heavy atom. The Morgan fingerprint density at radius 2 is 0.661 bits per heavy atom. The van der Waals surface area contributed by atoms with Gasteiger partial charge in [0.2, 0.25) is 0 Å². The van der Waals surface area contributed by atoms with Gasteiger partial charge in [0.25, 0.3) is 0 Å². The van der Waals surface area contributed by atoms with E-state index < -0.39 is 48.2 Å². The van der Waals surface area contributed by atoms with Crippen molar-refractivity contribution in [2.45, 2.75) is 68.8 Å². The van der Waals surface area contributed by atoms with Gasteiger partial charge in [0, 0.05) is 61.9 Å². The van der Waals surface area contributed by atoms with Crippen LogP contribution in [-0.4, -0.2) is 47.1 Å². The number of hydrogen-bond donors (Lipinski definition) is 2. The van der Waals surface area contributed by atoms with Crippen LogP contribution in [0.3, 0.4) is 0 Å². The first-order chi connectivity index (χ1) is 60.6. The van der Waals surface area contributed by atoms with Gasteiger partial charge in [-0.3, -0.25) is 0 Å². The van der Waals surface area contributed by atoms with E-state index in [1.165, 1.54) is 24.5 Å². The van der Waals surface area contributed by atoms with Crippen molar-refractivity contribution in [2.24, 2.45) is 0 Å². The van der Waals surface area contributed by atoms with Crippen molar-refractivity contribution in [3.63, 3.8) is 0 Å². The van der Waals surface area contributed by atoms with Crippen LogP contribution in [0, 0.1) is 105 Å². The molecule has 8 nitrogen and oxygen atoms in total. The summed E-state index contributed by atoms with van der Waals surface area (Å²) in [6.07, 6.45) is 9.87. The zero-order valence-electron chi connectivity index (χ0n) is 79.4. The van der Waals surface area contributed by atoms with Gasteiger partial charge < -0.3 is 40.0 Å². The minimum atomic E-state index is -2.13. The fourth-order valence-electron chi connectivity index (χ4n) is 10.4. The van der Waals surface area contributed by atoms with E-state index in [2.05, 4.69) is 94.4 Å². The molecule has 112 heavy (non-hydrogen) atoms. The van der Waals surface area contributed by atoms with Crippen LogP contribution in [0.15, 0.2) is 333 Å². The molecule has 6 aromatic heterocycles. The van der Waals surface area contributed by atoms with E-state index >= 15 is 0 Å². The smallest absolute Gasteiger partial charge is 0.423 e. The SMILES string of the molecule is OB(O)c1ccccc1.[2H]C([2H])([2H])c1c[c-]c(-c2ccc(C)cn2)cc1.[2H]C([2H])([2H])c1c[c-]c(-c2ccc(C)cn2)cc1.[2H]C([2H])([2H])c1ccc(-c2[c-]cc(C)c(-c3ccccc3)c2)nc1.[2H]C([2H])([2H])c1ccc(-c2[c-]cc(C)c(Br)c2)nc1.[2H]C([2H])([2H])c1ccc(-c2ccnc(-c3[c-]cccc3)c2)cc1.[2H]C([2H])([2H])c1ccc(-c2ccnc(-c3[c-]cccc3)c2)cc1.[Ir+3].[Ir+3]. The summed E-state index contributed by atoms with van der Waals surface area (Å²) in [5.74, 6) is 0. The number of nitrogens with zero attached hydrogens (tertiary/aromatic N) is 6. The number of aromatic nitrogens is 6. The van der Waals surface area contributed by atoms with E-state index in [9.17, 15) is 0 Å². The molecule has 0 saturated carbocycles. The molecule has 16 rings (SSSR count). The predicted molar refractivity (Wildman–Crippen MR) is 459 cm³/mol. The molecule has 0 aliphatic rings. The second-order valence-corrected chi connectivity index (χ2v) is 25.7. The molecule has 10 aromatic carbocycles. The standard InChI is InChI=1S/C19H16N.2C18H14N.C13H11BrN.2C13H12N.C6H7BO2.2Ir/c1-14-8-11-19(20-13-14)17-10-9-15(2)18(12-17)16-6-4-3-5-7-16;2*1-14-7-9-15(10-8-14)17-11-12-19-18(13-17)16-5-3-2-4-6-16;1-9-3-6-13(15-8-9)11-5-4-10(2)12(14)7-11;2*1-10-3-6-12(7-4-10)13-8-5-11(2)9-14-13;8-7(9)6-4-2-1-3-5-6;;/h3-9,11-13H,1-2H3;2*2-5,7-13H,1H3;3-4,6-8H,1-2H3;2*3-6,8-9H,1-2H3;1-5,8-9H;;/q6*-1;;2*+3/i6*1D3;;;. The first kappa shape index (κ1) is 63.5. The van der Waals surface area contributed by atoms with Crippen LogP contribution in [0.1, 0.15) is 80.3 Å². The van der Waals surface area contributed by atoms with Crippen molar-refractivity contribution in [2.75, 3.05) is 0 Å². The van der Waals surface area contributed by atoms with E-state index in [1.54, 1.807) is 122 Å². The van der Waals surface area contributed by atoms with E-state index in [0.717, 1.165) is 122 Å². The van der Waals surface area contributed by atoms with Crippen LogP contribution >= 0.6 is 15.9 Å². The van der Waals surface area contributed by atoms with Crippen molar-refractivity contribution in [3.05, 3.63) is 425 Å². The fourth-order valence-corrected chi connectivity index (χ4v) is 10.8. The summed E-state index contributed by atoms with van der Waals surface area (Å²) >= 11 is 3.45. The van der Waals surface area contributed by atoms with Crippen LogP contribution in [-0.2, 0) is 40.2 Å². The largest absolute Gasteiger partial charge is 3.00 e. The molecule has 0 atom stereocenters. The van der Waals surface area contributed by atoms with Crippen LogP contribution in [0.25, 0.3) is 101 Å². The molecule has 0 spiro atoms. The Labute approximate surface area is 723 Å². The molecule has 0 unspecified atom stereocenters. The monoisotopic (exact) mass is 1900 g/mol. The third-order valence-corrected chi connectivity index (χ3v) is 17.3. The number of aryl methyl sites for hydroxylation is 10. The molecule has 2 N–H and O–H groups in total. The van der Waals surface area contributed by atoms with Crippen molar-refractivity contribution < 1.29 is 74.9 Å². The van der Waals surface area contributed by atoms with Gasteiger partial charge in [-0.2, -0.15) is 0 Å². The first-order valence-electron chi connectivity index (χ1n) is 43.7. The Balaban J connectivity index is 0.000000189. The molecule has 12 heteroatoms. The normalized spacial score (nSPS) is 13.1. The Kier molecular flexibility index (Phi) is 25.3.